The number of hydrogen-bond donors (Lipinski definition) is 1. The molecule has 0 radical (unpaired) electrons. The Morgan fingerprint density at radius 3 is 2.81 bits per heavy atom. The molecule has 1 spiro atoms. The highest BCUT2D eigenvalue weighted by atomic mass is 16.7. The lowest BCUT2D eigenvalue weighted by Gasteiger charge is -2.57. The summed E-state index contributed by atoms with van der Waals surface area (Å²) >= 11 is 0. The van der Waals surface area contributed by atoms with Crippen LogP contribution < -0.4 is 4.74 Å². The normalized spacial score (nSPS) is 32.8. The molecule has 2 aromatic rings. The Labute approximate surface area is 182 Å². The summed E-state index contributed by atoms with van der Waals surface area (Å²) in [4.78, 5) is 19.5. The number of ketones is 1. The second-order valence-electron chi connectivity index (χ2n) is 9.77. The molecule has 162 valence electrons. The molecule has 6 atom stereocenters. The van der Waals surface area contributed by atoms with Gasteiger partial charge < -0.3 is 9.84 Å². The van der Waals surface area contributed by atoms with E-state index in [1.807, 2.05) is 12.1 Å². The van der Waals surface area contributed by atoms with E-state index in [9.17, 15) is 9.90 Å². The quantitative estimate of drug-likeness (QED) is 0.808. The predicted octanol–water partition coefficient (Wildman–Crippen LogP) is 4.12. The van der Waals surface area contributed by atoms with E-state index in [-0.39, 0.29) is 35.0 Å². The van der Waals surface area contributed by atoms with E-state index in [0.29, 0.717) is 18.1 Å². The molecule has 3 unspecified atom stereocenters. The van der Waals surface area contributed by atoms with Crippen molar-refractivity contribution >= 4 is 5.78 Å². The highest BCUT2D eigenvalue weighted by molar-refractivity contribution is 5.89. The summed E-state index contributed by atoms with van der Waals surface area (Å²) in [5.41, 5.74) is 3.28. The number of hydroxylamine groups is 2. The Hall–Kier alpha value is -2.37. The van der Waals surface area contributed by atoms with Gasteiger partial charge in [-0.05, 0) is 49.3 Å². The molecule has 4 aliphatic rings. The fourth-order valence-electron chi connectivity index (χ4n) is 6.76. The maximum atomic E-state index is 12.9. The highest BCUT2D eigenvalue weighted by Gasteiger charge is 2.66. The minimum Gasteiger partial charge on any atom is -0.504 e. The van der Waals surface area contributed by atoms with Crippen LogP contribution >= 0.6 is 0 Å². The fraction of sp³-hybridized carbons (Fsp3) is 0.500. The molecule has 5 nitrogen and oxygen atoms in total. The Bertz CT molecular complexity index is 1040. The van der Waals surface area contributed by atoms with Crippen molar-refractivity contribution in [2.75, 3.05) is 6.54 Å². The van der Waals surface area contributed by atoms with E-state index in [0.717, 1.165) is 31.4 Å². The number of carbonyl (C=O) groups excluding carboxylic acids is 1. The van der Waals surface area contributed by atoms with Crippen molar-refractivity contribution in [3.63, 3.8) is 0 Å². The first-order valence-electron chi connectivity index (χ1n) is 11.5. The number of rotatable bonds is 4. The SMILES string of the molecule is CC(ON1CC[C@]23c4c5ccc(O)c4OC2C(=O)CC[C@H]3[C@H]1C5)C(C)c1ccccc1. The second kappa shape index (κ2) is 6.81. The van der Waals surface area contributed by atoms with Crippen LogP contribution in [0.1, 0.15) is 55.7 Å². The van der Waals surface area contributed by atoms with Crippen LogP contribution in [0.5, 0.6) is 11.5 Å². The van der Waals surface area contributed by atoms with Crippen molar-refractivity contribution in [2.24, 2.45) is 5.92 Å². The average molecular weight is 420 g/mol. The van der Waals surface area contributed by atoms with Crippen LogP contribution in [0.3, 0.4) is 0 Å². The van der Waals surface area contributed by atoms with Gasteiger partial charge in [0.15, 0.2) is 23.4 Å². The highest BCUT2D eigenvalue weighted by Crippen LogP contribution is 2.63. The van der Waals surface area contributed by atoms with Gasteiger partial charge in [-0.15, -0.1) is 0 Å². The summed E-state index contributed by atoms with van der Waals surface area (Å²) in [6.45, 7) is 5.15. The van der Waals surface area contributed by atoms with Gasteiger partial charge in [-0.2, -0.15) is 5.06 Å². The molecule has 2 heterocycles. The minimum absolute atomic E-state index is 0.0501. The molecule has 2 aliphatic carbocycles. The molecule has 2 aromatic carbocycles. The number of aromatic hydroxyl groups is 1. The lowest BCUT2D eigenvalue weighted by atomic mass is 9.52. The largest absolute Gasteiger partial charge is 0.504 e. The van der Waals surface area contributed by atoms with Gasteiger partial charge in [-0.25, -0.2) is 0 Å². The van der Waals surface area contributed by atoms with Crippen LogP contribution in [0.15, 0.2) is 42.5 Å². The van der Waals surface area contributed by atoms with E-state index in [1.165, 1.54) is 11.1 Å². The number of phenols is 1. The number of nitrogens with zero attached hydrogens (tertiary/aromatic N) is 1. The summed E-state index contributed by atoms with van der Waals surface area (Å²) in [6, 6.07) is 14.5. The van der Waals surface area contributed by atoms with E-state index >= 15 is 0 Å². The summed E-state index contributed by atoms with van der Waals surface area (Å²) in [7, 11) is 0. The number of phenolic OH excluding ortho intramolecular Hbond substituents is 1. The van der Waals surface area contributed by atoms with Crippen molar-refractivity contribution in [2.45, 2.75) is 69.1 Å². The third-order valence-corrected chi connectivity index (χ3v) is 8.39. The molecule has 6 rings (SSSR count). The smallest absolute Gasteiger partial charge is 0.174 e. The van der Waals surface area contributed by atoms with E-state index in [4.69, 9.17) is 9.57 Å². The number of piperidine rings is 1. The lowest BCUT2D eigenvalue weighted by molar-refractivity contribution is -0.258. The molecular formula is C26H29NO4. The van der Waals surface area contributed by atoms with Gasteiger partial charge >= 0.3 is 0 Å². The maximum absolute atomic E-state index is 12.9. The van der Waals surface area contributed by atoms with Crippen molar-refractivity contribution in [3.05, 3.63) is 59.2 Å². The maximum Gasteiger partial charge on any atom is 0.174 e. The molecule has 2 fully saturated rings. The molecule has 1 saturated carbocycles. The van der Waals surface area contributed by atoms with Gasteiger partial charge in [-0.3, -0.25) is 9.63 Å². The zero-order valence-corrected chi connectivity index (χ0v) is 18.1. The van der Waals surface area contributed by atoms with Crippen molar-refractivity contribution in [3.8, 4) is 11.5 Å². The topological polar surface area (TPSA) is 59.0 Å². The number of ether oxygens (including phenoxy) is 1. The zero-order chi connectivity index (χ0) is 21.3. The van der Waals surface area contributed by atoms with Gasteiger partial charge in [-0.1, -0.05) is 43.3 Å². The molecule has 5 heteroatoms. The summed E-state index contributed by atoms with van der Waals surface area (Å²) < 4.78 is 6.18. The van der Waals surface area contributed by atoms with E-state index < -0.39 is 6.10 Å². The molecule has 0 aromatic heterocycles. The van der Waals surface area contributed by atoms with Crippen molar-refractivity contribution < 1.29 is 19.5 Å². The number of hydrogen-bond acceptors (Lipinski definition) is 5. The summed E-state index contributed by atoms with van der Waals surface area (Å²) in [6.07, 6.45) is 2.68. The Morgan fingerprint density at radius 2 is 2.00 bits per heavy atom. The zero-order valence-electron chi connectivity index (χ0n) is 18.1. The number of benzene rings is 2. The van der Waals surface area contributed by atoms with E-state index in [2.05, 4.69) is 43.2 Å². The summed E-state index contributed by atoms with van der Waals surface area (Å²) in [5.74, 6) is 1.49. The molecular weight excluding hydrogens is 390 g/mol. The first-order chi connectivity index (χ1) is 15.0. The Morgan fingerprint density at radius 1 is 1.19 bits per heavy atom. The molecule has 0 amide bonds. The molecule has 1 N–H and O–H groups in total. The lowest BCUT2D eigenvalue weighted by Crippen LogP contribution is -2.66. The van der Waals surface area contributed by atoms with Crippen molar-refractivity contribution in [1.29, 1.82) is 0 Å². The first kappa shape index (κ1) is 19.3. The van der Waals surface area contributed by atoms with Crippen LogP contribution in [0.25, 0.3) is 0 Å². The van der Waals surface area contributed by atoms with Crippen LogP contribution in [0, 0.1) is 5.92 Å². The molecule has 2 aliphatic heterocycles. The van der Waals surface area contributed by atoms with Gasteiger partial charge in [0, 0.05) is 35.9 Å². The third kappa shape index (κ3) is 2.60. The van der Waals surface area contributed by atoms with Crippen LogP contribution in [-0.2, 0) is 21.5 Å². The Balaban J connectivity index is 1.34. The number of carbonyl (C=O) groups is 1. The molecule has 2 bridgehead atoms. The van der Waals surface area contributed by atoms with Crippen molar-refractivity contribution in [1.82, 2.24) is 5.06 Å². The monoisotopic (exact) mass is 419 g/mol. The standard InChI is InChI=1S/C26H29NO4/c1-15(17-6-4-3-5-7-17)16(2)31-27-13-12-26-19-9-11-22(29)25(26)30-24-21(28)10-8-18(23(24)26)14-20(19)27/h3-8,10,15-16,19-20,25,28H,9,11-14H2,1-2H3/t15?,16?,19-,20+,25?,26-/m0/s1. The van der Waals surface area contributed by atoms with Gasteiger partial charge in [0.05, 0.1) is 6.10 Å². The predicted molar refractivity (Wildman–Crippen MR) is 116 cm³/mol. The number of Topliss-reactive ketones (excluding diaryl/α,β-unsaturated/α-hetero) is 1. The second-order valence-corrected chi connectivity index (χ2v) is 9.77. The Kier molecular flexibility index (Phi) is 4.25. The van der Waals surface area contributed by atoms with Crippen LogP contribution in [0.2, 0.25) is 0 Å². The third-order valence-electron chi connectivity index (χ3n) is 8.39. The van der Waals surface area contributed by atoms with E-state index in [1.54, 1.807) is 6.07 Å². The van der Waals surface area contributed by atoms with Crippen LogP contribution in [0.4, 0.5) is 0 Å². The average Bonchev–Trinajstić information content (AvgIpc) is 3.14. The molecule has 31 heavy (non-hydrogen) atoms. The van der Waals surface area contributed by atoms with Gasteiger partial charge in [0.2, 0.25) is 0 Å². The van der Waals surface area contributed by atoms with Gasteiger partial charge in [0.25, 0.3) is 0 Å². The minimum atomic E-state index is -0.459. The van der Waals surface area contributed by atoms with Gasteiger partial charge in [0.1, 0.15) is 0 Å². The first-order valence-corrected chi connectivity index (χ1v) is 11.5. The fourth-order valence-corrected chi connectivity index (χ4v) is 6.76. The van der Waals surface area contributed by atoms with Crippen LogP contribution in [-0.4, -0.2) is 40.7 Å². The molecule has 1 saturated heterocycles. The summed E-state index contributed by atoms with van der Waals surface area (Å²) in [5, 5.41) is 12.7.